The van der Waals surface area contributed by atoms with Gasteiger partial charge >= 0.3 is 0 Å². The van der Waals surface area contributed by atoms with Crippen LogP contribution in [0.3, 0.4) is 0 Å². The summed E-state index contributed by atoms with van der Waals surface area (Å²) in [5.41, 5.74) is 5.56. The first-order valence-corrected chi connectivity index (χ1v) is 6.78. The number of ketones is 1. The van der Waals surface area contributed by atoms with Crippen molar-refractivity contribution in [3.63, 3.8) is 0 Å². The third kappa shape index (κ3) is 3.54. The fourth-order valence-electron chi connectivity index (χ4n) is 2.42. The predicted octanol–water partition coefficient (Wildman–Crippen LogP) is 4.29. The second-order valence-corrected chi connectivity index (χ2v) is 5.15. The Balaban J connectivity index is 2.20. The number of benzene rings is 2. The number of aryl methyl sites for hydroxylation is 3. The Morgan fingerprint density at radius 2 is 1.63 bits per heavy atom. The Morgan fingerprint density at radius 1 is 0.947 bits per heavy atom. The van der Waals surface area contributed by atoms with Crippen LogP contribution in [0.2, 0.25) is 0 Å². The van der Waals surface area contributed by atoms with E-state index in [-0.39, 0.29) is 5.78 Å². The predicted molar refractivity (Wildman–Crippen MR) is 79.8 cm³/mol. The maximum absolute atomic E-state index is 12.3. The Hall–Kier alpha value is -1.89. The van der Waals surface area contributed by atoms with E-state index in [4.69, 9.17) is 0 Å². The highest BCUT2D eigenvalue weighted by Crippen LogP contribution is 2.13. The smallest absolute Gasteiger partial charge is 0.167 e. The molecule has 1 heteroatoms. The van der Waals surface area contributed by atoms with E-state index in [1.165, 1.54) is 16.7 Å². The van der Waals surface area contributed by atoms with Gasteiger partial charge in [0, 0.05) is 12.0 Å². The van der Waals surface area contributed by atoms with Gasteiger partial charge in [-0.3, -0.25) is 4.79 Å². The monoisotopic (exact) mass is 252 g/mol. The molecule has 2 aromatic rings. The first kappa shape index (κ1) is 13.5. The minimum atomic E-state index is 0.195. The lowest BCUT2D eigenvalue weighted by molar-refractivity contribution is 0.0993. The van der Waals surface area contributed by atoms with Gasteiger partial charge in [0.2, 0.25) is 0 Å². The number of rotatable bonds is 4. The van der Waals surface area contributed by atoms with Gasteiger partial charge in [0.25, 0.3) is 0 Å². The standard InChI is InChI=1S/C18H20O/c1-4-15-6-5-7-17(11-15)18(19)12-16-9-13(2)8-14(3)10-16/h5-11H,4,12H2,1-3H3. The molecular weight excluding hydrogens is 232 g/mol. The molecule has 0 aliphatic carbocycles. The zero-order valence-electron chi connectivity index (χ0n) is 11.9. The highest BCUT2D eigenvalue weighted by atomic mass is 16.1. The van der Waals surface area contributed by atoms with E-state index >= 15 is 0 Å². The molecule has 98 valence electrons. The van der Waals surface area contributed by atoms with Crippen LogP contribution in [0, 0.1) is 13.8 Å². The van der Waals surface area contributed by atoms with Gasteiger partial charge in [0.1, 0.15) is 0 Å². The molecule has 0 spiro atoms. The Morgan fingerprint density at radius 3 is 2.26 bits per heavy atom. The quantitative estimate of drug-likeness (QED) is 0.742. The average molecular weight is 252 g/mol. The summed E-state index contributed by atoms with van der Waals surface area (Å²) in [4.78, 5) is 12.3. The number of hydrogen-bond acceptors (Lipinski definition) is 1. The zero-order valence-corrected chi connectivity index (χ0v) is 11.9. The van der Waals surface area contributed by atoms with Crippen LogP contribution in [-0.4, -0.2) is 5.78 Å². The lowest BCUT2D eigenvalue weighted by Crippen LogP contribution is -2.04. The molecule has 0 bridgehead atoms. The molecule has 0 amide bonds. The van der Waals surface area contributed by atoms with Gasteiger partial charge in [-0.25, -0.2) is 0 Å². The molecule has 0 saturated heterocycles. The van der Waals surface area contributed by atoms with E-state index < -0.39 is 0 Å². The Kier molecular flexibility index (Phi) is 4.16. The van der Waals surface area contributed by atoms with Crippen LogP contribution in [-0.2, 0) is 12.8 Å². The van der Waals surface area contributed by atoms with Crippen molar-refractivity contribution < 1.29 is 4.79 Å². The fourth-order valence-corrected chi connectivity index (χ4v) is 2.42. The number of Topliss-reactive ketones (excluding diaryl/α,β-unsaturated/α-hetero) is 1. The highest BCUT2D eigenvalue weighted by Gasteiger charge is 2.08. The molecule has 19 heavy (non-hydrogen) atoms. The van der Waals surface area contributed by atoms with Crippen molar-refractivity contribution in [1.29, 1.82) is 0 Å². The summed E-state index contributed by atoms with van der Waals surface area (Å²) >= 11 is 0. The second kappa shape index (κ2) is 5.83. The van der Waals surface area contributed by atoms with Crippen molar-refractivity contribution in [1.82, 2.24) is 0 Å². The molecule has 0 unspecified atom stereocenters. The topological polar surface area (TPSA) is 17.1 Å². The maximum Gasteiger partial charge on any atom is 0.167 e. The van der Waals surface area contributed by atoms with E-state index in [1.807, 2.05) is 18.2 Å². The van der Waals surface area contributed by atoms with Gasteiger partial charge < -0.3 is 0 Å². The van der Waals surface area contributed by atoms with E-state index in [1.54, 1.807) is 0 Å². The lowest BCUT2D eigenvalue weighted by atomic mass is 9.98. The van der Waals surface area contributed by atoms with Crippen molar-refractivity contribution in [2.75, 3.05) is 0 Å². The van der Waals surface area contributed by atoms with Gasteiger partial charge in [-0.05, 0) is 37.5 Å². The van der Waals surface area contributed by atoms with Crippen LogP contribution in [0.1, 0.15) is 39.5 Å². The molecule has 0 saturated carbocycles. The summed E-state index contributed by atoms with van der Waals surface area (Å²) in [5.74, 6) is 0.195. The van der Waals surface area contributed by atoms with Gasteiger partial charge in [-0.2, -0.15) is 0 Å². The van der Waals surface area contributed by atoms with E-state index in [0.29, 0.717) is 6.42 Å². The van der Waals surface area contributed by atoms with Crippen molar-refractivity contribution in [3.8, 4) is 0 Å². The van der Waals surface area contributed by atoms with Gasteiger partial charge in [-0.1, -0.05) is 54.4 Å². The fraction of sp³-hybridized carbons (Fsp3) is 0.278. The summed E-state index contributed by atoms with van der Waals surface area (Å²) in [6.07, 6.45) is 1.44. The third-order valence-electron chi connectivity index (χ3n) is 3.30. The molecule has 0 atom stereocenters. The molecule has 1 nitrogen and oxygen atoms in total. The molecule has 0 aliphatic rings. The van der Waals surface area contributed by atoms with Crippen LogP contribution >= 0.6 is 0 Å². The third-order valence-corrected chi connectivity index (χ3v) is 3.30. The minimum Gasteiger partial charge on any atom is -0.294 e. The summed E-state index contributed by atoms with van der Waals surface area (Å²) in [6, 6.07) is 14.3. The van der Waals surface area contributed by atoms with Crippen LogP contribution in [0.25, 0.3) is 0 Å². The molecule has 0 aromatic heterocycles. The van der Waals surface area contributed by atoms with Crippen LogP contribution in [0.5, 0.6) is 0 Å². The van der Waals surface area contributed by atoms with E-state index in [9.17, 15) is 4.79 Å². The Bertz CT molecular complexity index is 576. The molecule has 0 fully saturated rings. The molecule has 2 rings (SSSR count). The van der Waals surface area contributed by atoms with Gasteiger partial charge in [0.05, 0.1) is 0 Å². The molecule has 0 aliphatic heterocycles. The molecule has 0 N–H and O–H groups in total. The Labute approximate surface area is 115 Å². The number of hydrogen-bond donors (Lipinski definition) is 0. The largest absolute Gasteiger partial charge is 0.294 e. The van der Waals surface area contributed by atoms with Crippen LogP contribution in [0.4, 0.5) is 0 Å². The van der Waals surface area contributed by atoms with Gasteiger partial charge in [0.15, 0.2) is 5.78 Å². The van der Waals surface area contributed by atoms with Crippen molar-refractivity contribution in [2.45, 2.75) is 33.6 Å². The summed E-state index contributed by atoms with van der Waals surface area (Å²) in [7, 11) is 0. The van der Waals surface area contributed by atoms with Crippen LogP contribution in [0.15, 0.2) is 42.5 Å². The molecular formula is C18H20O. The van der Waals surface area contributed by atoms with Gasteiger partial charge in [-0.15, -0.1) is 0 Å². The van der Waals surface area contributed by atoms with E-state index in [2.05, 4.69) is 45.0 Å². The summed E-state index contributed by atoms with van der Waals surface area (Å²) < 4.78 is 0. The lowest BCUT2D eigenvalue weighted by Gasteiger charge is -2.06. The molecule has 2 aromatic carbocycles. The van der Waals surface area contributed by atoms with Crippen molar-refractivity contribution >= 4 is 5.78 Å². The van der Waals surface area contributed by atoms with Crippen molar-refractivity contribution in [2.24, 2.45) is 0 Å². The van der Waals surface area contributed by atoms with E-state index in [0.717, 1.165) is 17.5 Å². The van der Waals surface area contributed by atoms with Crippen LogP contribution < -0.4 is 0 Å². The maximum atomic E-state index is 12.3. The molecule has 0 heterocycles. The normalized spacial score (nSPS) is 10.5. The molecule has 0 radical (unpaired) electrons. The van der Waals surface area contributed by atoms with Crippen molar-refractivity contribution in [3.05, 3.63) is 70.3 Å². The minimum absolute atomic E-state index is 0.195. The number of carbonyl (C=O) groups excluding carboxylic acids is 1. The second-order valence-electron chi connectivity index (χ2n) is 5.15. The first-order chi connectivity index (χ1) is 9.08. The first-order valence-electron chi connectivity index (χ1n) is 6.78. The number of carbonyl (C=O) groups is 1. The average Bonchev–Trinajstić information content (AvgIpc) is 2.37. The summed E-state index contributed by atoms with van der Waals surface area (Å²) in [6.45, 7) is 6.24. The highest BCUT2D eigenvalue weighted by molar-refractivity contribution is 5.97. The summed E-state index contributed by atoms with van der Waals surface area (Å²) in [5, 5.41) is 0. The zero-order chi connectivity index (χ0) is 13.8. The SMILES string of the molecule is CCc1cccc(C(=O)Cc2cc(C)cc(C)c2)c1.